The quantitative estimate of drug-likeness (QED) is 0.629. The van der Waals surface area contributed by atoms with Crippen LogP contribution >= 0.6 is 0 Å². The zero-order valence-corrected chi connectivity index (χ0v) is 12.8. The summed E-state index contributed by atoms with van der Waals surface area (Å²) in [7, 11) is 1.51. The highest BCUT2D eigenvalue weighted by molar-refractivity contribution is 5.63. The number of methoxy groups -OCH3 is 1. The summed E-state index contributed by atoms with van der Waals surface area (Å²) < 4.78 is 5.04. The summed E-state index contributed by atoms with van der Waals surface area (Å²) in [6, 6.07) is 4.93. The number of anilines is 1. The average molecular weight is 292 g/mol. The van der Waals surface area contributed by atoms with Gasteiger partial charge in [-0.1, -0.05) is 26.2 Å². The summed E-state index contributed by atoms with van der Waals surface area (Å²) in [6.07, 6.45) is 6.30. The predicted molar refractivity (Wildman–Crippen MR) is 83.9 cm³/mol. The highest BCUT2D eigenvalue weighted by atomic mass is 16.6. The van der Waals surface area contributed by atoms with E-state index in [0.29, 0.717) is 11.4 Å². The second-order valence-electron chi connectivity index (χ2n) is 5.99. The molecule has 0 amide bonds. The van der Waals surface area contributed by atoms with E-state index in [4.69, 9.17) is 4.74 Å². The van der Waals surface area contributed by atoms with Gasteiger partial charge in [0.1, 0.15) is 11.4 Å². The molecule has 0 spiro atoms. The van der Waals surface area contributed by atoms with Gasteiger partial charge in [-0.3, -0.25) is 10.1 Å². The Morgan fingerprint density at radius 3 is 2.90 bits per heavy atom. The van der Waals surface area contributed by atoms with Crippen LogP contribution in [-0.2, 0) is 0 Å². The van der Waals surface area contributed by atoms with Gasteiger partial charge in [0.05, 0.1) is 18.1 Å². The fourth-order valence-corrected chi connectivity index (χ4v) is 3.17. The summed E-state index contributed by atoms with van der Waals surface area (Å²) in [5.74, 6) is 2.07. The van der Waals surface area contributed by atoms with Crippen molar-refractivity contribution in [1.82, 2.24) is 0 Å². The summed E-state index contributed by atoms with van der Waals surface area (Å²) in [5, 5.41) is 14.3. The van der Waals surface area contributed by atoms with Gasteiger partial charge in [0.25, 0.3) is 5.69 Å². The monoisotopic (exact) mass is 292 g/mol. The Labute approximate surface area is 125 Å². The fourth-order valence-electron chi connectivity index (χ4n) is 3.17. The van der Waals surface area contributed by atoms with Crippen LogP contribution in [0.1, 0.15) is 39.0 Å². The van der Waals surface area contributed by atoms with Crippen LogP contribution in [0.5, 0.6) is 5.75 Å². The molecule has 1 fully saturated rings. The molecule has 0 aromatic heterocycles. The molecule has 116 valence electrons. The molecule has 0 radical (unpaired) electrons. The first-order valence-electron chi connectivity index (χ1n) is 7.66. The van der Waals surface area contributed by atoms with Crippen molar-refractivity contribution in [2.45, 2.75) is 39.0 Å². The summed E-state index contributed by atoms with van der Waals surface area (Å²) in [6.45, 7) is 3.10. The molecule has 1 aliphatic carbocycles. The van der Waals surface area contributed by atoms with Gasteiger partial charge in [0.2, 0.25) is 0 Å². The van der Waals surface area contributed by atoms with Crippen LogP contribution in [0.2, 0.25) is 0 Å². The zero-order chi connectivity index (χ0) is 15.2. The molecule has 2 atom stereocenters. The van der Waals surface area contributed by atoms with Gasteiger partial charge in [-0.05, 0) is 36.8 Å². The van der Waals surface area contributed by atoms with Crippen LogP contribution in [0, 0.1) is 22.0 Å². The minimum absolute atomic E-state index is 0.0753. The van der Waals surface area contributed by atoms with Crippen molar-refractivity contribution < 1.29 is 9.66 Å². The van der Waals surface area contributed by atoms with E-state index in [2.05, 4.69) is 12.2 Å². The largest absolute Gasteiger partial charge is 0.496 e. The van der Waals surface area contributed by atoms with Gasteiger partial charge in [-0.25, -0.2) is 0 Å². The maximum Gasteiger partial charge on any atom is 0.296 e. The Morgan fingerprint density at radius 2 is 2.24 bits per heavy atom. The van der Waals surface area contributed by atoms with E-state index < -0.39 is 0 Å². The molecular weight excluding hydrogens is 268 g/mol. The molecule has 0 bridgehead atoms. The zero-order valence-electron chi connectivity index (χ0n) is 12.8. The lowest BCUT2D eigenvalue weighted by Crippen LogP contribution is -2.16. The Hall–Kier alpha value is -1.78. The van der Waals surface area contributed by atoms with Crippen molar-refractivity contribution in [2.75, 3.05) is 19.0 Å². The molecule has 5 heteroatoms. The van der Waals surface area contributed by atoms with Gasteiger partial charge in [-0.15, -0.1) is 0 Å². The standard InChI is InChI=1S/C16H24N2O3/c1-12-4-3-5-13(10-12)8-9-17-15-7-6-14(21-2)11-16(15)18(19)20/h6-7,11-13,17H,3-5,8-10H2,1-2H3. The summed E-state index contributed by atoms with van der Waals surface area (Å²) in [4.78, 5) is 10.7. The van der Waals surface area contributed by atoms with E-state index in [1.165, 1.54) is 38.9 Å². The SMILES string of the molecule is COc1ccc(NCCC2CCCC(C)C2)c([N+](=O)[O-])c1. The molecule has 2 rings (SSSR count). The van der Waals surface area contributed by atoms with Gasteiger partial charge in [0, 0.05) is 6.54 Å². The molecule has 0 saturated heterocycles. The Morgan fingerprint density at radius 1 is 1.43 bits per heavy atom. The summed E-state index contributed by atoms with van der Waals surface area (Å²) in [5.41, 5.74) is 0.649. The molecule has 1 aromatic rings. The number of nitrogens with one attached hydrogen (secondary N) is 1. The third-order valence-corrected chi connectivity index (χ3v) is 4.31. The highest BCUT2D eigenvalue weighted by Gasteiger charge is 2.19. The number of benzene rings is 1. The van der Waals surface area contributed by atoms with Crippen molar-refractivity contribution >= 4 is 11.4 Å². The van der Waals surface area contributed by atoms with Crippen molar-refractivity contribution in [3.05, 3.63) is 28.3 Å². The smallest absolute Gasteiger partial charge is 0.296 e. The lowest BCUT2D eigenvalue weighted by molar-refractivity contribution is -0.384. The van der Waals surface area contributed by atoms with Crippen molar-refractivity contribution in [1.29, 1.82) is 0 Å². The van der Waals surface area contributed by atoms with Crippen LogP contribution < -0.4 is 10.1 Å². The topological polar surface area (TPSA) is 64.4 Å². The Balaban J connectivity index is 1.92. The second-order valence-corrected chi connectivity index (χ2v) is 5.99. The van der Waals surface area contributed by atoms with Crippen LogP contribution in [-0.4, -0.2) is 18.6 Å². The van der Waals surface area contributed by atoms with Crippen molar-refractivity contribution in [2.24, 2.45) is 11.8 Å². The molecule has 0 aliphatic heterocycles. The van der Waals surface area contributed by atoms with Gasteiger partial charge < -0.3 is 10.1 Å². The minimum Gasteiger partial charge on any atom is -0.496 e. The number of hydrogen-bond donors (Lipinski definition) is 1. The lowest BCUT2D eigenvalue weighted by Gasteiger charge is -2.26. The predicted octanol–water partition coefficient (Wildman–Crippen LogP) is 4.23. The molecule has 1 N–H and O–H groups in total. The number of ether oxygens (including phenoxy) is 1. The van der Waals surface area contributed by atoms with E-state index in [9.17, 15) is 10.1 Å². The number of nitrogens with zero attached hydrogens (tertiary/aromatic N) is 1. The molecule has 21 heavy (non-hydrogen) atoms. The Kier molecular flexibility index (Phi) is 5.42. The second kappa shape index (κ2) is 7.29. The van der Waals surface area contributed by atoms with E-state index in [1.807, 2.05) is 0 Å². The van der Waals surface area contributed by atoms with Crippen LogP contribution in [0.25, 0.3) is 0 Å². The first kappa shape index (κ1) is 15.6. The molecule has 1 saturated carbocycles. The number of nitro benzene ring substituents is 1. The van der Waals surface area contributed by atoms with Crippen molar-refractivity contribution in [3.8, 4) is 5.75 Å². The third kappa shape index (κ3) is 4.34. The first-order valence-corrected chi connectivity index (χ1v) is 7.66. The Bertz CT molecular complexity index is 490. The molecule has 2 unspecified atom stereocenters. The van der Waals surface area contributed by atoms with Crippen LogP contribution in [0.15, 0.2) is 18.2 Å². The molecule has 1 aliphatic rings. The molecule has 5 nitrogen and oxygen atoms in total. The molecule has 0 heterocycles. The van der Waals surface area contributed by atoms with Gasteiger partial charge in [-0.2, -0.15) is 0 Å². The van der Waals surface area contributed by atoms with Gasteiger partial charge in [0.15, 0.2) is 0 Å². The third-order valence-electron chi connectivity index (χ3n) is 4.31. The van der Waals surface area contributed by atoms with E-state index >= 15 is 0 Å². The summed E-state index contributed by atoms with van der Waals surface area (Å²) >= 11 is 0. The molecule has 1 aromatic carbocycles. The van der Waals surface area contributed by atoms with Crippen molar-refractivity contribution in [3.63, 3.8) is 0 Å². The van der Waals surface area contributed by atoms with Gasteiger partial charge >= 0.3 is 0 Å². The average Bonchev–Trinajstić information content (AvgIpc) is 2.47. The fraction of sp³-hybridized carbons (Fsp3) is 0.625. The number of hydrogen-bond acceptors (Lipinski definition) is 4. The van der Waals surface area contributed by atoms with E-state index in [-0.39, 0.29) is 10.6 Å². The number of nitro groups is 1. The first-order chi connectivity index (χ1) is 10.1. The maximum absolute atomic E-state index is 11.1. The molecular formula is C16H24N2O3. The lowest BCUT2D eigenvalue weighted by atomic mass is 9.81. The van der Waals surface area contributed by atoms with Crippen LogP contribution in [0.3, 0.4) is 0 Å². The highest BCUT2D eigenvalue weighted by Crippen LogP contribution is 2.32. The van der Waals surface area contributed by atoms with E-state index in [1.54, 1.807) is 12.1 Å². The maximum atomic E-state index is 11.1. The minimum atomic E-state index is -0.368. The van der Waals surface area contributed by atoms with Crippen LogP contribution in [0.4, 0.5) is 11.4 Å². The van der Waals surface area contributed by atoms with E-state index in [0.717, 1.165) is 24.8 Å². The number of rotatable bonds is 6. The normalized spacial score (nSPS) is 21.8.